The maximum atomic E-state index is 5.36. The highest BCUT2D eigenvalue weighted by atomic mass is 32.1. The summed E-state index contributed by atoms with van der Waals surface area (Å²) in [5.74, 6) is 0. The van der Waals surface area contributed by atoms with E-state index in [0.29, 0.717) is 5.11 Å². The van der Waals surface area contributed by atoms with Gasteiger partial charge in [-0.15, -0.1) is 0 Å². The fourth-order valence-corrected chi connectivity index (χ4v) is 2.48. The van der Waals surface area contributed by atoms with E-state index in [9.17, 15) is 0 Å². The minimum Gasteiger partial charge on any atom is -0.332 e. The van der Waals surface area contributed by atoms with E-state index in [1.807, 2.05) is 24.3 Å². The number of hydrogen-bond donors (Lipinski definition) is 3. The Hall–Kier alpha value is -2.40. The number of benzene rings is 2. The average Bonchev–Trinajstić information content (AvgIpc) is 2.89. The van der Waals surface area contributed by atoms with Gasteiger partial charge in [0.1, 0.15) is 0 Å². The van der Waals surface area contributed by atoms with Crippen molar-refractivity contribution in [2.75, 3.05) is 10.6 Å². The van der Waals surface area contributed by atoms with Crippen molar-refractivity contribution in [2.45, 2.75) is 13.8 Å². The molecule has 1 heterocycles. The molecule has 0 unspecified atom stereocenters. The molecule has 0 radical (unpaired) electrons. The van der Waals surface area contributed by atoms with Crippen molar-refractivity contribution in [3.05, 3.63) is 53.7 Å². The van der Waals surface area contributed by atoms with Crippen LogP contribution in [0, 0.1) is 13.8 Å². The summed E-state index contributed by atoms with van der Waals surface area (Å²) >= 11 is 5.36. The lowest BCUT2D eigenvalue weighted by Gasteiger charge is -2.13. The number of nitrogens with zero attached hydrogens (tertiary/aromatic N) is 1. The summed E-state index contributed by atoms with van der Waals surface area (Å²) in [6.07, 6.45) is 1.80. The molecule has 0 aliphatic rings. The van der Waals surface area contributed by atoms with Gasteiger partial charge < -0.3 is 10.6 Å². The van der Waals surface area contributed by atoms with Gasteiger partial charge in [0, 0.05) is 16.8 Å². The van der Waals surface area contributed by atoms with Crippen LogP contribution in [0.2, 0.25) is 0 Å². The molecule has 4 nitrogen and oxygen atoms in total. The Morgan fingerprint density at radius 2 is 1.95 bits per heavy atom. The summed E-state index contributed by atoms with van der Waals surface area (Å²) in [5, 5.41) is 15.0. The van der Waals surface area contributed by atoms with Crippen molar-refractivity contribution in [1.29, 1.82) is 0 Å². The number of thiocarbonyl (C=S) groups is 1. The largest absolute Gasteiger partial charge is 0.332 e. The Bertz CT molecular complexity index is 807. The molecular formula is C16H16N4S. The molecule has 0 atom stereocenters. The lowest BCUT2D eigenvalue weighted by atomic mass is 10.1. The topological polar surface area (TPSA) is 52.7 Å². The molecule has 3 N–H and O–H groups in total. The van der Waals surface area contributed by atoms with Gasteiger partial charge in [0.25, 0.3) is 0 Å². The van der Waals surface area contributed by atoms with Gasteiger partial charge in [0.05, 0.1) is 11.7 Å². The fraction of sp³-hybridized carbons (Fsp3) is 0.125. The third-order valence-corrected chi connectivity index (χ3v) is 3.53. The molecule has 106 valence electrons. The van der Waals surface area contributed by atoms with Crippen LogP contribution >= 0.6 is 12.2 Å². The van der Waals surface area contributed by atoms with Crippen LogP contribution < -0.4 is 10.6 Å². The highest BCUT2D eigenvalue weighted by Crippen LogP contribution is 2.19. The Labute approximate surface area is 128 Å². The van der Waals surface area contributed by atoms with E-state index in [-0.39, 0.29) is 0 Å². The molecule has 1 aromatic heterocycles. The van der Waals surface area contributed by atoms with E-state index in [2.05, 4.69) is 46.8 Å². The number of rotatable bonds is 2. The third-order valence-electron chi connectivity index (χ3n) is 3.33. The Kier molecular flexibility index (Phi) is 3.58. The molecule has 3 rings (SSSR count). The van der Waals surface area contributed by atoms with Gasteiger partial charge in [-0.2, -0.15) is 5.10 Å². The van der Waals surface area contributed by atoms with E-state index < -0.39 is 0 Å². The van der Waals surface area contributed by atoms with Crippen LogP contribution in [0.1, 0.15) is 11.1 Å². The Balaban J connectivity index is 1.73. The Morgan fingerprint density at radius 1 is 1.10 bits per heavy atom. The lowest BCUT2D eigenvalue weighted by molar-refractivity contribution is 1.12. The van der Waals surface area contributed by atoms with Crippen LogP contribution in [0.25, 0.3) is 10.9 Å². The van der Waals surface area contributed by atoms with Crippen LogP contribution in [-0.2, 0) is 0 Å². The summed E-state index contributed by atoms with van der Waals surface area (Å²) in [7, 11) is 0. The summed E-state index contributed by atoms with van der Waals surface area (Å²) in [6.45, 7) is 4.14. The molecule has 3 aromatic rings. The molecule has 0 fully saturated rings. The zero-order chi connectivity index (χ0) is 14.8. The molecular weight excluding hydrogens is 280 g/mol. The first-order valence-corrected chi connectivity index (χ1v) is 7.11. The van der Waals surface area contributed by atoms with E-state index in [4.69, 9.17) is 12.2 Å². The molecule has 0 aliphatic heterocycles. The number of aromatic amines is 1. The number of H-pyrrole nitrogens is 1. The summed E-state index contributed by atoms with van der Waals surface area (Å²) in [5.41, 5.74) is 5.33. The number of aromatic nitrogens is 2. The van der Waals surface area contributed by atoms with E-state index in [1.165, 1.54) is 11.1 Å². The first-order valence-electron chi connectivity index (χ1n) is 6.70. The molecule has 5 heteroatoms. The van der Waals surface area contributed by atoms with Gasteiger partial charge >= 0.3 is 0 Å². The molecule has 0 aliphatic carbocycles. The van der Waals surface area contributed by atoms with Crippen molar-refractivity contribution in [3.63, 3.8) is 0 Å². The SMILES string of the molecule is Cc1ccc(NC(=S)Nc2ccc3cn[nH]c3c2)c(C)c1. The second-order valence-electron chi connectivity index (χ2n) is 5.07. The molecule has 2 aromatic carbocycles. The van der Waals surface area contributed by atoms with Crippen molar-refractivity contribution in [1.82, 2.24) is 10.2 Å². The van der Waals surface area contributed by atoms with E-state index in [0.717, 1.165) is 22.3 Å². The van der Waals surface area contributed by atoms with Crippen LogP contribution in [0.15, 0.2) is 42.6 Å². The minimum absolute atomic E-state index is 0.570. The summed E-state index contributed by atoms with van der Waals surface area (Å²) in [4.78, 5) is 0. The molecule has 0 bridgehead atoms. The summed E-state index contributed by atoms with van der Waals surface area (Å²) < 4.78 is 0. The second-order valence-corrected chi connectivity index (χ2v) is 5.48. The van der Waals surface area contributed by atoms with Crippen molar-refractivity contribution >= 4 is 39.6 Å². The quantitative estimate of drug-likeness (QED) is 0.626. The van der Waals surface area contributed by atoms with Gasteiger partial charge in [0.15, 0.2) is 5.11 Å². The minimum atomic E-state index is 0.570. The number of anilines is 2. The molecule has 0 saturated heterocycles. The monoisotopic (exact) mass is 296 g/mol. The zero-order valence-corrected chi connectivity index (χ0v) is 12.7. The average molecular weight is 296 g/mol. The summed E-state index contributed by atoms with van der Waals surface area (Å²) in [6, 6.07) is 12.2. The van der Waals surface area contributed by atoms with Crippen LogP contribution in [0.5, 0.6) is 0 Å². The second kappa shape index (κ2) is 5.54. The molecule has 0 spiro atoms. The molecule has 21 heavy (non-hydrogen) atoms. The van der Waals surface area contributed by atoms with Gasteiger partial charge in [-0.25, -0.2) is 0 Å². The van der Waals surface area contributed by atoms with Crippen molar-refractivity contribution in [3.8, 4) is 0 Å². The number of nitrogens with one attached hydrogen (secondary N) is 3. The number of fused-ring (bicyclic) bond motifs is 1. The smallest absolute Gasteiger partial charge is 0.175 e. The third kappa shape index (κ3) is 3.03. The first-order chi connectivity index (χ1) is 10.1. The predicted molar refractivity (Wildman–Crippen MR) is 91.9 cm³/mol. The van der Waals surface area contributed by atoms with Crippen LogP contribution in [-0.4, -0.2) is 15.3 Å². The van der Waals surface area contributed by atoms with Crippen LogP contribution in [0.3, 0.4) is 0 Å². The maximum Gasteiger partial charge on any atom is 0.175 e. The molecule has 0 saturated carbocycles. The van der Waals surface area contributed by atoms with Gasteiger partial charge in [-0.05, 0) is 55.9 Å². The van der Waals surface area contributed by atoms with Crippen LogP contribution in [0.4, 0.5) is 11.4 Å². The zero-order valence-electron chi connectivity index (χ0n) is 11.9. The highest BCUT2D eigenvalue weighted by molar-refractivity contribution is 7.80. The predicted octanol–water partition coefficient (Wildman–Crippen LogP) is 3.99. The first kappa shape index (κ1) is 13.6. The van der Waals surface area contributed by atoms with Gasteiger partial charge in [-0.3, -0.25) is 5.10 Å². The lowest BCUT2D eigenvalue weighted by Crippen LogP contribution is -2.19. The van der Waals surface area contributed by atoms with Crippen molar-refractivity contribution in [2.24, 2.45) is 0 Å². The van der Waals surface area contributed by atoms with Gasteiger partial charge in [0.2, 0.25) is 0 Å². The normalized spacial score (nSPS) is 10.6. The molecule has 0 amide bonds. The van der Waals surface area contributed by atoms with E-state index in [1.54, 1.807) is 6.20 Å². The highest BCUT2D eigenvalue weighted by Gasteiger charge is 2.03. The fourth-order valence-electron chi connectivity index (χ4n) is 2.25. The standard InChI is InChI=1S/C16H16N4S/c1-10-3-6-14(11(2)7-10)19-16(21)18-13-5-4-12-9-17-20-15(12)8-13/h3-9H,1-2H3,(H,17,20)(H2,18,19,21). The van der Waals surface area contributed by atoms with Crippen molar-refractivity contribution < 1.29 is 0 Å². The maximum absolute atomic E-state index is 5.36. The van der Waals surface area contributed by atoms with Gasteiger partial charge in [-0.1, -0.05) is 17.7 Å². The number of aryl methyl sites for hydroxylation is 2. The Morgan fingerprint density at radius 3 is 2.76 bits per heavy atom. The number of hydrogen-bond acceptors (Lipinski definition) is 2. The van der Waals surface area contributed by atoms with E-state index >= 15 is 0 Å².